The van der Waals surface area contributed by atoms with Crippen LogP contribution in [0.3, 0.4) is 0 Å². The molecule has 5 rings (SSSR count). The Morgan fingerprint density at radius 3 is 2.65 bits per heavy atom. The van der Waals surface area contributed by atoms with Gasteiger partial charge in [-0.05, 0) is 25.1 Å². The number of carbonyl (C=O) groups is 1. The Balaban J connectivity index is 1.24. The lowest BCUT2D eigenvalue weighted by Crippen LogP contribution is -2.63. The molecule has 4 heterocycles. The van der Waals surface area contributed by atoms with Crippen LogP contribution < -0.4 is 15.0 Å². The maximum atomic E-state index is 12.8. The Labute approximate surface area is 195 Å². The maximum absolute atomic E-state index is 12.8. The third-order valence-corrected chi connectivity index (χ3v) is 6.28. The number of carbonyl (C=O) groups excluding carboxylic acids is 1. The number of amides is 1. The molecule has 1 aromatic carbocycles. The van der Waals surface area contributed by atoms with Gasteiger partial charge in [0.2, 0.25) is 11.8 Å². The van der Waals surface area contributed by atoms with Crippen LogP contribution in [0.1, 0.15) is 23.4 Å². The Morgan fingerprint density at radius 2 is 1.91 bits per heavy atom. The third-order valence-electron chi connectivity index (χ3n) is 6.28. The second-order valence-electron chi connectivity index (χ2n) is 8.36. The molecule has 2 aliphatic heterocycles. The smallest absolute Gasteiger partial charge is 0.263 e. The number of hydrogen-bond acceptors (Lipinski definition) is 7. The van der Waals surface area contributed by atoms with Crippen molar-refractivity contribution in [3.63, 3.8) is 0 Å². The van der Waals surface area contributed by atoms with Crippen LogP contribution in [0.4, 0.5) is 14.5 Å². The molecule has 1 atom stereocenters. The van der Waals surface area contributed by atoms with E-state index in [1.54, 1.807) is 29.1 Å². The predicted octanol–water partition coefficient (Wildman–Crippen LogP) is 2.11. The number of anilines is 1. The zero-order chi connectivity index (χ0) is 23.7. The summed E-state index contributed by atoms with van der Waals surface area (Å²) in [5, 5.41) is 11.2. The van der Waals surface area contributed by atoms with Gasteiger partial charge in [-0.1, -0.05) is 17.3 Å². The summed E-state index contributed by atoms with van der Waals surface area (Å²) >= 11 is 0. The predicted molar refractivity (Wildman–Crippen MR) is 120 cm³/mol. The maximum Gasteiger partial charge on any atom is 0.263 e. The van der Waals surface area contributed by atoms with Crippen molar-refractivity contribution >= 4 is 11.6 Å². The highest BCUT2D eigenvalue weighted by molar-refractivity contribution is 5.83. The zero-order valence-corrected chi connectivity index (χ0v) is 18.7. The number of fused-ring (bicyclic) bond motifs is 1. The molecule has 34 heavy (non-hydrogen) atoms. The van der Waals surface area contributed by atoms with Gasteiger partial charge in [0.1, 0.15) is 18.3 Å². The number of ether oxygens (including phenoxy) is 1. The van der Waals surface area contributed by atoms with Crippen molar-refractivity contribution in [2.45, 2.75) is 26.0 Å². The molecule has 2 saturated heterocycles. The van der Waals surface area contributed by atoms with Crippen LogP contribution in [-0.4, -0.2) is 69.6 Å². The van der Waals surface area contributed by atoms with Crippen LogP contribution in [0.5, 0.6) is 5.88 Å². The van der Waals surface area contributed by atoms with Crippen LogP contribution in [0, 0.1) is 6.92 Å². The first-order valence-electron chi connectivity index (χ1n) is 11.1. The van der Waals surface area contributed by atoms with E-state index in [1.165, 1.54) is 12.1 Å². The van der Waals surface area contributed by atoms with E-state index in [1.807, 2.05) is 13.0 Å². The van der Waals surface area contributed by atoms with Crippen molar-refractivity contribution < 1.29 is 18.3 Å². The number of alkyl halides is 2. The summed E-state index contributed by atoms with van der Waals surface area (Å²) in [5.41, 5.74) is 2.90. The molecule has 3 aromatic rings. The normalized spacial score (nSPS) is 18.6. The largest absolute Gasteiger partial charge is 0.471 e. The van der Waals surface area contributed by atoms with Crippen molar-refractivity contribution in [2.75, 3.05) is 37.6 Å². The van der Waals surface area contributed by atoms with Crippen molar-refractivity contribution in [3.05, 3.63) is 59.5 Å². The number of piperazine rings is 2. The first-order valence-corrected chi connectivity index (χ1v) is 11.1. The fourth-order valence-electron chi connectivity index (χ4n) is 4.31. The van der Waals surface area contributed by atoms with E-state index in [0.717, 1.165) is 25.3 Å². The molecule has 11 heteroatoms. The van der Waals surface area contributed by atoms with Crippen LogP contribution in [0.2, 0.25) is 0 Å². The lowest BCUT2D eigenvalue weighted by Gasteiger charge is -2.43. The molecule has 0 saturated carbocycles. The molecule has 178 valence electrons. The van der Waals surface area contributed by atoms with Crippen LogP contribution in [-0.2, 0) is 11.4 Å². The molecule has 2 aromatic heterocycles. The van der Waals surface area contributed by atoms with Crippen LogP contribution in [0.15, 0.2) is 42.6 Å². The monoisotopic (exact) mass is 469 g/mol. The molecule has 0 radical (unpaired) electrons. The number of benzene rings is 1. The fraction of sp³-hybridized carbons (Fsp3) is 0.391. The van der Waals surface area contributed by atoms with Crippen LogP contribution >= 0.6 is 0 Å². The Kier molecular flexibility index (Phi) is 6.10. The van der Waals surface area contributed by atoms with E-state index >= 15 is 0 Å². The molecule has 0 bridgehead atoms. The van der Waals surface area contributed by atoms with Gasteiger partial charge in [0, 0.05) is 44.4 Å². The highest BCUT2D eigenvalue weighted by Gasteiger charge is 2.34. The summed E-state index contributed by atoms with van der Waals surface area (Å²) in [7, 11) is 0. The van der Waals surface area contributed by atoms with Gasteiger partial charge in [-0.3, -0.25) is 9.69 Å². The molecule has 1 unspecified atom stereocenters. The van der Waals surface area contributed by atoms with E-state index < -0.39 is 6.43 Å². The lowest BCUT2D eigenvalue weighted by atomic mass is 10.1. The van der Waals surface area contributed by atoms with Gasteiger partial charge in [0.25, 0.3) is 6.43 Å². The van der Waals surface area contributed by atoms with Gasteiger partial charge in [0.15, 0.2) is 0 Å². The summed E-state index contributed by atoms with van der Waals surface area (Å²) < 4.78 is 33.1. The number of hydrogen-bond donors (Lipinski definition) is 1. The molecule has 2 fully saturated rings. The quantitative estimate of drug-likeness (QED) is 0.592. The second-order valence-corrected chi connectivity index (χ2v) is 8.36. The lowest BCUT2D eigenvalue weighted by molar-refractivity contribution is -0.129. The molecule has 0 spiro atoms. The summed E-state index contributed by atoms with van der Waals surface area (Å²) in [6.07, 6.45) is -0.774. The molecule has 1 N–H and O–H groups in total. The average Bonchev–Trinajstić information content (AvgIpc) is 3.23. The topological polar surface area (TPSA) is 88.4 Å². The minimum absolute atomic E-state index is 0.0480. The highest BCUT2D eigenvalue weighted by Crippen LogP contribution is 2.23. The molecule has 0 aliphatic carbocycles. The Morgan fingerprint density at radius 1 is 1.12 bits per heavy atom. The number of halogens is 2. The van der Waals surface area contributed by atoms with E-state index in [-0.39, 0.29) is 24.1 Å². The van der Waals surface area contributed by atoms with Gasteiger partial charge in [-0.15, -0.1) is 5.10 Å². The first-order chi connectivity index (χ1) is 16.5. The number of nitrogens with zero attached hydrogens (tertiary/aromatic N) is 6. The number of nitrogens with one attached hydrogen (secondary N) is 1. The van der Waals surface area contributed by atoms with E-state index in [4.69, 9.17) is 4.74 Å². The molecular weight excluding hydrogens is 444 g/mol. The van der Waals surface area contributed by atoms with Crippen LogP contribution in [0.25, 0.3) is 5.69 Å². The minimum Gasteiger partial charge on any atom is -0.471 e. The van der Waals surface area contributed by atoms with Gasteiger partial charge >= 0.3 is 0 Å². The summed E-state index contributed by atoms with van der Waals surface area (Å²) in [6.45, 7) is 5.87. The molecule has 1 amide bonds. The highest BCUT2D eigenvalue weighted by atomic mass is 19.3. The van der Waals surface area contributed by atoms with Gasteiger partial charge in [-0.2, -0.15) is 0 Å². The minimum atomic E-state index is -2.52. The Bertz CT molecular complexity index is 1150. The summed E-state index contributed by atoms with van der Waals surface area (Å²) in [4.78, 5) is 21.0. The SMILES string of the molecule is Cc1nnn(-c2ccc(C(F)F)cc2)c1COc1ccc(N2CCN3CCNC(=O)C3C2)cn1. The van der Waals surface area contributed by atoms with E-state index in [2.05, 4.69) is 30.4 Å². The van der Waals surface area contributed by atoms with Crippen molar-refractivity contribution in [1.29, 1.82) is 0 Å². The number of rotatable bonds is 6. The molecular formula is C23H25F2N7O2. The zero-order valence-electron chi connectivity index (χ0n) is 18.7. The van der Waals surface area contributed by atoms with E-state index in [9.17, 15) is 13.6 Å². The molecule has 2 aliphatic rings. The number of pyridine rings is 1. The van der Waals surface area contributed by atoms with Crippen molar-refractivity contribution in [3.8, 4) is 11.6 Å². The van der Waals surface area contributed by atoms with Crippen molar-refractivity contribution in [1.82, 2.24) is 30.2 Å². The summed E-state index contributed by atoms with van der Waals surface area (Å²) in [6, 6.07) is 9.51. The molecule has 9 nitrogen and oxygen atoms in total. The Hall–Kier alpha value is -3.60. The first kappa shape index (κ1) is 22.2. The van der Waals surface area contributed by atoms with Gasteiger partial charge in [-0.25, -0.2) is 18.4 Å². The number of aryl methyl sites for hydroxylation is 1. The fourth-order valence-corrected chi connectivity index (χ4v) is 4.31. The third kappa shape index (κ3) is 4.43. The standard InChI is InChI=1S/C23H25F2N7O2/c1-15-20(32(29-28-15)17-4-2-16(3-5-17)22(24)25)14-34-21-7-6-18(12-27-21)31-11-10-30-9-8-26-23(33)19(30)13-31/h2-7,12,19,22H,8-11,13-14H2,1H3,(H,26,33). The van der Waals surface area contributed by atoms with Gasteiger partial charge in [0.05, 0.1) is 23.3 Å². The second kappa shape index (κ2) is 9.34. The van der Waals surface area contributed by atoms with E-state index in [0.29, 0.717) is 36.0 Å². The van der Waals surface area contributed by atoms with Gasteiger partial charge < -0.3 is 15.0 Å². The summed E-state index contributed by atoms with van der Waals surface area (Å²) in [5.74, 6) is 0.520. The van der Waals surface area contributed by atoms with Crippen molar-refractivity contribution in [2.24, 2.45) is 0 Å². The average molecular weight is 469 g/mol. The number of aromatic nitrogens is 4.